The first-order chi connectivity index (χ1) is 9.54. The van der Waals surface area contributed by atoms with Crippen LogP contribution in [0.5, 0.6) is 5.75 Å². The number of likely N-dealkylation sites (tertiary alicyclic amines) is 1. The number of hydrogen-bond donors (Lipinski definition) is 1. The first-order valence-electron chi connectivity index (χ1n) is 7.00. The van der Waals surface area contributed by atoms with Gasteiger partial charge in [-0.3, -0.25) is 4.90 Å². The Hall–Kier alpha value is -1.17. The van der Waals surface area contributed by atoms with Crippen molar-refractivity contribution in [3.8, 4) is 5.75 Å². The van der Waals surface area contributed by atoms with E-state index in [1.54, 1.807) is 12.1 Å². The molecule has 4 nitrogen and oxygen atoms in total. The summed E-state index contributed by atoms with van der Waals surface area (Å²) < 4.78 is 18.4. The zero-order chi connectivity index (χ0) is 14.5. The van der Waals surface area contributed by atoms with Gasteiger partial charge in [0.05, 0.1) is 6.10 Å². The quantitative estimate of drug-likeness (QED) is 0.850. The van der Waals surface area contributed by atoms with E-state index >= 15 is 0 Å². The predicted octanol–water partition coefficient (Wildman–Crippen LogP) is 1.20. The maximum atomic E-state index is 12.8. The van der Waals surface area contributed by atoms with Gasteiger partial charge in [0.15, 0.2) is 0 Å². The topological polar surface area (TPSA) is 35.9 Å². The third-order valence-corrected chi connectivity index (χ3v) is 3.54. The van der Waals surface area contributed by atoms with E-state index in [1.165, 1.54) is 12.1 Å². The minimum Gasteiger partial charge on any atom is -0.492 e. The highest BCUT2D eigenvalue weighted by molar-refractivity contribution is 5.21. The van der Waals surface area contributed by atoms with Crippen molar-refractivity contribution in [1.29, 1.82) is 0 Å². The summed E-state index contributed by atoms with van der Waals surface area (Å²) in [6.45, 7) is 2.95. The Balaban J connectivity index is 1.78. The molecule has 1 aromatic carbocycles. The minimum absolute atomic E-state index is 0.245. The van der Waals surface area contributed by atoms with Crippen LogP contribution in [-0.4, -0.2) is 67.4 Å². The zero-order valence-corrected chi connectivity index (χ0v) is 12.1. The van der Waals surface area contributed by atoms with Gasteiger partial charge >= 0.3 is 0 Å². The van der Waals surface area contributed by atoms with Crippen LogP contribution in [0.25, 0.3) is 0 Å². The fourth-order valence-electron chi connectivity index (χ4n) is 2.65. The van der Waals surface area contributed by atoms with Gasteiger partial charge in [-0.15, -0.1) is 0 Å². The second-order valence-corrected chi connectivity index (χ2v) is 5.60. The average molecular weight is 282 g/mol. The monoisotopic (exact) mass is 282 g/mol. The van der Waals surface area contributed by atoms with Crippen molar-refractivity contribution in [2.45, 2.75) is 18.6 Å². The molecular formula is C15H23FN2O2. The molecular weight excluding hydrogens is 259 g/mol. The summed E-state index contributed by atoms with van der Waals surface area (Å²) in [5, 5.41) is 9.79. The van der Waals surface area contributed by atoms with Crippen LogP contribution < -0.4 is 4.74 Å². The molecule has 1 aromatic rings. The number of ether oxygens (including phenoxy) is 1. The molecule has 1 heterocycles. The summed E-state index contributed by atoms with van der Waals surface area (Å²) in [6, 6.07) is 6.42. The molecule has 112 valence electrons. The van der Waals surface area contributed by atoms with Gasteiger partial charge in [0.1, 0.15) is 18.2 Å². The van der Waals surface area contributed by atoms with Gasteiger partial charge in [0.25, 0.3) is 0 Å². The molecule has 2 rings (SSSR count). The van der Waals surface area contributed by atoms with Crippen molar-refractivity contribution in [2.75, 3.05) is 40.3 Å². The Morgan fingerprint density at radius 2 is 2.05 bits per heavy atom. The molecule has 0 aromatic heterocycles. The predicted molar refractivity (Wildman–Crippen MR) is 76.4 cm³/mol. The number of benzene rings is 1. The molecule has 1 saturated heterocycles. The molecule has 20 heavy (non-hydrogen) atoms. The first-order valence-corrected chi connectivity index (χ1v) is 7.00. The standard InChI is InChI=1S/C15H23FN2O2/c1-17(2)10-13-9-14(19)11-18(13)7-8-20-15-5-3-12(16)4-6-15/h3-6,13-14,19H,7-11H2,1-2H3. The van der Waals surface area contributed by atoms with Crippen molar-refractivity contribution in [3.63, 3.8) is 0 Å². The van der Waals surface area contributed by atoms with E-state index in [2.05, 4.69) is 9.80 Å². The highest BCUT2D eigenvalue weighted by Crippen LogP contribution is 2.18. The van der Waals surface area contributed by atoms with Gasteiger partial charge in [-0.1, -0.05) is 0 Å². The fourth-order valence-corrected chi connectivity index (χ4v) is 2.65. The lowest BCUT2D eigenvalue weighted by Gasteiger charge is -2.26. The van der Waals surface area contributed by atoms with E-state index in [4.69, 9.17) is 4.74 Å². The summed E-state index contributed by atoms with van der Waals surface area (Å²) in [5.41, 5.74) is 0. The van der Waals surface area contributed by atoms with E-state index in [9.17, 15) is 9.50 Å². The van der Waals surface area contributed by atoms with Crippen molar-refractivity contribution >= 4 is 0 Å². The third kappa shape index (κ3) is 4.44. The smallest absolute Gasteiger partial charge is 0.123 e. The van der Waals surface area contributed by atoms with E-state index < -0.39 is 0 Å². The molecule has 0 radical (unpaired) electrons. The second kappa shape index (κ2) is 7.02. The largest absolute Gasteiger partial charge is 0.492 e. The molecule has 0 bridgehead atoms. The summed E-state index contributed by atoms with van der Waals surface area (Å²) in [6.07, 6.45) is 0.570. The van der Waals surface area contributed by atoms with E-state index in [1.807, 2.05) is 14.1 Å². The second-order valence-electron chi connectivity index (χ2n) is 5.60. The van der Waals surface area contributed by atoms with Crippen LogP contribution in [0.3, 0.4) is 0 Å². The minimum atomic E-state index is -0.258. The number of nitrogens with zero attached hydrogens (tertiary/aromatic N) is 2. The highest BCUT2D eigenvalue weighted by atomic mass is 19.1. The normalized spacial score (nSPS) is 23.4. The van der Waals surface area contributed by atoms with Crippen LogP contribution in [0.1, 0.15) is 6.42 Å². The fraction of sp³-hybridized carbons (Fsp3) is 0.600. The van der Waals surface area contributed by atoms with E-state index in [0.717, 1.165) is 19.5 Å². The molecule has 0 saturated carbocycles. The number of β-amino-alcohol motifs (C(OH)–C–C–N with tert-alkyl or cyclic N) is 1. The van der Waals surface area contributed by atoms with Crippen LogP contribution >= 0.6 is 0 Å². The number of likely N-dealkylation sites (N-methyl/N-ethyl adjacent to an activating group) is 1. The zero-order valence-electron chi connectivity index (χ0n) is 12.1. The van der Waals surface area contributed by atoms with Crippen LogP contribution in [0.4, 0.5) is 4.39 Å². The van der Waals surface area contributed by atoms with Crippen molar-refractivity contribution < 1.29 is 14.2 Å². The van der Waals surface area contributed by atoms with Gasteiger partial charge in [-0.2, -0.15) is 0 Å². The van der Waals surface area contributed by atoms with Crippen molar-refractivity contribution in [2.24, 2.45) is 0 Å². The van der Waals surface area contributed by atoms with E-state index in [0.29, 0.717) is 24.9 Å². The molecule has 1 aliphatic rings. The Kier molecular flexibility index (Phi) is 5.34. The number of aliphatic hydroxyl groups is 1. The molecule has 1 fully saturated rings. The Labute approximate surface area is 119 Å². The van der Waals surface area contributed by atoms with Crippen LogP contribution in [-0.2, 0) is 0 Å². The Morgan fingerprint density at radius 3 is 2.70 bits per heavy atom. The van der Waals surface area contributed by atoms with Gasteiger partial charge in [0.2, 0.25) is 0 Å². The van der Waals surface area contributed by atoms with Crippen LogP contribution in [0.2, 0.25) is 0 Å². The van der Waals surface area contributed by atoms with Gasteiger partial charge in [0, 0.05) is 25.7 Å². The lowest BCUT2D eigenvalue weighted by Crippen LogP contribution is -2.39. The Bertz CT molecular complexity index is 411. The summed E-state index contributed by atoms with van der Waals surface area (Å²) in [5.74, 6) is 0.418. The van der Waals surface area contributed by atoms with Crippen molar-refractivity contribution in [1.82, 2.24) is 9.80 Å². The molecule has 0 spiro atoms. The van der Waals surface area contributed by atoms with Crippen molar-refractivity contribution in [3.05, 3.63) is 30.1 Å². The first kappa shape index (κ1) is 15.2. The number of rotatable bonds is 6. The SMILES string of the molecule is CN(C)CC1CC(O)CN1CCOc1ccc(F)cc1. The lowest BCUT2D eigenvalue weighted by molar-refractivity contribution is 0.155. The van der Waals surface area contributed by atoms with Crippen LogP contribution in [0, 0.1) is 5.82 Å². The lowest BCUT2D eigenvalue weighted by atomic mass is 10.2. The third-order valence-electron chi connectivity index (χ3n) is 3.54. The van der Waals surface area contributed by atoms with Gasteiger partial charge < -0.3 is 14.7 Å². The Morgan fingerprint density at radius 1 is 1.35 bits per heavy atom. The molecule has 1 N–H and O–H groups in total. The molecule has 0 amide bonds. The van der Waals surface area contributed by atoms with Gasteiger partial charge in [-0.05, 0) is 44.8 Å². The maximum absolute atomic E-state index is 12.8. The summed E-state index contributed by atoms with van der Waals surface area (Å²) in [7, 11) is 4.08. The number of halogens is 1. The molecule has 0 aliphatic carbocycles. The van der Waals surface area contributed by atoms with E-state index in [-0.39, 0.29) is 11.9 Å². The average Bonchev–Trinajstić information content (AvgIpc) is 2.71. The summed E-state index contributed by atoms with van der Waals surface area (Å²) >= 11 is 0. The molecule has 5 heteroatoms. The highest BCUT2D eigenvalue weighted by Gasteiger charge is 2.30. The maximum Gasteiger partial charge on any atom is 0.123 e. The van der Waals surface area contributed by atoms with Gasteiger partial charge in [-0.25, -0.2) is 4.39 Å². The summed E-state index contributed by atoms with van der Waals surface area (Å²) in [4.78, 5) is 4.39. The molecule has 1 aliphatic heterocycles. The molecule has 2 atom stereocenters. The van der Waals surface area contributed by atoms with Crippen LogP contribution in [0.15, 0.2) is 24.3 Å². The number of aliphatic hydroxyl groups excluding tert-OH is 1. The molecule has 2 unspecified atom stereocenters. The number of hydrogen-bond acceptors (Lipinski definition) is 4.